The number of hydrogen-bond donors (Lipinski definition) is 1. The second kappa shape index (κ2) is 8.83. The van der Waals surface area contributed by atoms with Gasteiger partial charge in [0, 0.05) is 8.95 Å². The summed E-state index contributed by atoms with van der Waals surface area (Å²) in [6.45, 7) is 7.14. The first-order valence-corrected chi connectivity index (χ1v) is 10.4. The minimum absolute atomic E-state index is 0.332. The highest BCUT2D eigenvalue weighted by atomic mass is 79.9. The summed E-state index contributed by atoms with van der Waals surface area (Å²) >= 11 is 6.61. The number of rotatable bonds is 2. The second-order valence-electron chi connectivity index (χ2n) is 5.75. The van der Waals surface area contributed by atoms with E-state index in [-0.39, 0.29) is 5.75 Å². The number of phenolic OH excluding ortho intramolecular Hbond substituents is 1. The lowest BCUT2D eigenvalue weighted by Crippen LogP contribution is -2.28. The zero-order valence-corrected chi connectivity index (χ0v) is 18.8. The minimum Gasteiger partial charge on any atom is -0.508 e. The highest BCUT2D eigenvalue weighted by Crippen LogP contribution is 2.31. The molecule has 0 unspecified atom stereocenters. The molecule has 0 aliphatic heterocycles. The maximum absolute atomic E-state index is 12.1. The van der Waals surface area contributed by atoms with Gasteiger partial charge in [0.1, 0.15) is 11.5 Å². The summed E-state index contributed by atoms with van der Waals surface area (Å²) in [5, 5.41) is 9.10. The molecule has 2 rings (SSSR count). The molecule has 0 radical (unpaired) electrons. The lowest BCUT2D eigenvalue weighted by Gasteiger charge is -2.11. The Kier molecular flexibility index (Phi) is 7.78. The fourth-order valence-electron chi connectivity index (χ4n) is 2.05. The first-order valence-electron chi connectivity index (χ1n) is 7.39. The first kappa shape index (κ1) is 23.8. The van der Waals surface area contributed by atoms with E-state index in [0.717, 1.165) is 15.6 Å². The zero-order valence-electron chi connectivity index (χ0n) is 14.8. The van der Waals surface area contributed by atoms with Crippen LogP contribution in [0.15, 0.2) is 33.2 Å². The van der Waals surface area contributed by atoms with E-state index in [2.05, 4.69) is 36.0 Å². The van der Waals surface area contributed by atoms with Gasteiger partial charge in [-0.3, -0.25) is 0 Å². The topological polar surface area (TPSA) is 63.6 Å². The smallest absolute Gasteiger partial charge is 0.508 e. The molecule has 0 saturated carbocycles. The molecule has 0 amide bonds. The van der Waals surface area contributed by atoms with E-state index in [1.807, 2.05) is 13.8 Å². The van der Waals surface area contributed by atoms with Crippen molar-refractivity contribution in [1.29, 1.82) is 0 Å². The molecule has 0 aliphatic carbocycles. The van der Waals surface area contributed by atoms with Crippen LogP contribution in [0.5, 0.6) is 11.5 Å². The molecule has 0 atom stereocenters. The van der Waals surface area contributed by atoms with E-state index < -0.39 is 15.6 Å². The van der Waals surface area contributed by atoms with Gasteiger partial charge < -0.3 is 9.29 Å². The van der Waals surface area contributed by atoms with Crippen LogP contribution >= 0.6 is 31.9 Å². The van der Waals surface area contributed by atoms with Crippen molar-refractivity contribution in [1.82, 2.24) is 0 Å². The molecule has 0 bridgehead atoms. The van der Waals surface area contributed by atoms with Gasteiger partial charge in [0.25, 0.3) is 0 Å². The van der Waals surface area contributed by atoms with Gasteiger partial charge in [0.05, 0.1) is 0 Å². The van der Waals surface area contributed by atoms with Crippen LogP contribution in [0.1, 0.15) is 22.3 Å². The lowest BCUT2D eigenvalue weighted by atomic mass is 10.1. The fraction of sp³-hybridized carbons (Fsp3) is 0.294. The molecule has 0 spiro atoms. The van der Waals surface area contributed by atoms with E-state index in [4.69, 9.17) is 5.11 Å². The third kappa shape index (κ3) is 6.39. The van der Waals surface area contributed by atoms with Crippen LogP contribution in [0.25, 0.3) is 0 Å². The zero-order chi connectivity index (χ0) is 21.2. The Morgan fingerprint density at radius 2 is 1.19 bits per heavy atom. The van der Waals surface area contributed by atoms with Crippen LogP contribution in [0.3, 0.4) is 0 Å². The van der Waals surface area contributed by atoms with Gasteiger partial charge in [-0.15, -0.1) is 0 Å². The molecular formula is C17H17Br2F3O4S. The molecular weight excluding hydrogens is 517 g/mol. The van der Waals surface area contributed by atoms with Crippen LogP contribution in [0, 0.1) is 27.7 Å². The van der Waals surface area contributed by atoms with Crippen molar-refractivity contribution in [3.63, 3.8) is 0 Å². The summed E-state index contributed by atoms with van der Waals surface area (Å²) in [7, 11) is -5.61. The molecule has 0 saturated heterocycles. The molecule has 2 aromatic rings. The Labute approximate surface area is 172 Å². The van der Waals surface area contributed by atoms with E-state index in [1.165, 1.54) is 12.1 Å². The van der Waals surface area contributed by atoms with Gasteiger partial charge in [-0.2, -0.15) is 21.6 Å². The molecule has 0 fully saturated rings. The standard InChI is InChI=1S/C9H8BrF3O3S.C8H9BrO/c1-5-3-7(4-6(2)8(5)10)16-17(14,15)9(11,12)13;1-5-3-7(10)4-6(2)8(5)9/h3-4H,1-2H3;3-4,10H,1-2H3. The van der Waals surface area contributed by atoms with Crippen molar-refractivity contribution in [2.75, 3.05) is 0 Å². The van der Waals surface area contributed by atoms with Crippen LogP contribution in [0.2, 0.25) is 0 Å². The van der Waals surface area contributed by atoms with E-state index in [9.17, 15) is 21.6 Å². The summed E-state index contributed by atoms with van der Waals surface area (Å²) in [6, 6.07) is 5.88. The maximum atomic E-state index is 12.1. The Hall–Kier alpha value is -1.26. The number of aromatic hydroxyl groups is 1. The van der Waals surface area contributed by atoms with Crippen LogP contribution in [0.4, 0.5) is 13.2 Å². The molecule has 1 N–H and O–H groups in total. The molecule has 10 heteroatoms. The molecule has 0 heterocycles. The van der Waals surface area contributed by atoms with Crippen molar-refractivity contribution in [3.8, 4) is 11.5 Å². The Balaban J connectivity index is 0.000000309. The van der Waals surface area contributed by atoms with Gasteiger partial charge in [-0.25, -0.2) is 0 Å². The van der Waals surface area contributed by atoms with Crippen molar-refractivity contribution < 1.29 is 30.9 Å². The van der Waals surface area contributed by atoms with Gasteiger partial charge >= 0.3 is 15.6 Å². The number of aryl methyl sites for hydroxylation is 4. The molecule has 150 valence electrons. The first-order chi connectivity index (χ1) is 12.2. The Bertz CT molecular complexity index is 896. The second-order valence-corrected chi connectivity index (χ2v) is 8.87. The average Bonchev–Trinajstić information content (AvgIpc) is 2.49. The molecule has 0 aliphatic rings. The number of benzene rings is 2. The number of alkyl halides is 3. The Morgan fingerprint density at radius 1 is 0.852 bits per heavy atom. The fourth-order valence-corrected chi connectivity index (χ4v) is 2.95. The van der Waals surface area contributed by atoms with E-state index in [1.54, 1.807) is 26.0 Å². The highest BCUT2D eigenvalue weighted by molar-refractivity contribution is 9.10. The quantitative estimate of drug-likeness (QED) is 0.376. The molecule has 2 aromatic carbocycles. The van der Waals surface area contributed by atoms with Gasteiger partial charge in [-0.1, -0.05) is 31.9 Å². The van der Waals surface area contributed by atoms with E-state index >= 15 is 0 Å². The summed E-state index contributed by atoms with van der Waals surface area (Å²) < 4.78 is 63.5. The van der Waals surface area contributed by atoms with Crippen LogP contribution < -0.4 is 4.18 Å². The van der Waals surface area contributed by atoms with E-state index in [0.29, 0.717) is 21.3 Å². The predicted octanol–water partition coefficient (Wildman–Crippen LogP) is 6.07. The van der Waals surface area contributed by atoms with Crippen molar-refractivity contribution in [2.24, 2.45) is 0 Å². The minimum atomic E-state index is -5.61. The third-order valence-electron chi connectivity index (χ3n) is 3.32. The number of halogens is 5. The molecule has 4 nitrogen and oxygen atoms in total. The third-order valence-corrected chi connectivity index (χ3v) is 6.80. The van der Waals surface area contributed by atoms with Crippen LogP contribution in [-0.2, 0) is 10.1 Å². The van der Waals surface area contributed by atoms with Gasteiger partial charge in [0.15, 0.2) is 0 Å². The predicted molar refractivity (Wildman–Crippen MR) is 104 cm³/mol. The normalized spacial score (nSPS) is 11.6. The Morgan fingerprint density at radius 3 is 1.52 bits per heavy atom. The van der Waals surface area contributed by atoms with Crippen molar-refractivity contribution in [2.45, 2.75) is 33.2 Å². The summed E-state index contributed by atoms with van der Waals surface area (Å²) in [5.41, 5.74) is -2.13. The van der Waals surface area contributed by atoms with Gasteiger partial charge in [0.2, 0.25) is 0 Å². The number of phenols is 1. The van der Waals surface area contributed by atoms with Crippen molar-refractivity contribution in [3.05, 3.63) is 55.5 Å². The lowest BCUT2D eigenvalue weighted by molar-refractivity contribution is -0.0500. The molecule has 27 heavy (non-hydrogen) atoms. The van der Waals surface area contributed by atoms with Crippen LogP contribution in [-0.4, -0.2) is 19.0 Å². The summed E-state index contributed by atoms with van der Waals surface area (Å²) in [4.78, 5) is 0. The average molecular weight is 534 g/mol. The largest absolute Gasteiger partial charge is 0.534 e. The van der Waals surface area contributed by atoms with Crippen molar-refractivity contribution >= 4 is 42.0 Å². The SMILES string of the molecule is Cc1cc(O)cc(C)c1Br.Cc1cc(OS(=O)(=O)C(F)(F)F)cc(C)c1Br. The maximum Gasteiger partial charge on any atom is 0.534 e. The summed E-state index contributed by atoms with van der Waals surface area (Å²) in [6.07, 6.45) is 0. The molecule has 0 aromatic heterocycles. The highest BCUT2D eigenvalue weighted by Gasteiger charge is 2.48. The summed E-state index contributed by atoms with van der Waals surface area (Å²) in [5.74, 6) is -0.0290. The van der Waals surface area contributed by atoms with Gasteiger partial charge in [-0.05, 0) is 74.2 Å². The monoisotopic (exact) mass is 532 g/mol. The number of hydrogen-bond acceptors (Lipinski definition) is 4.